The van der Waals surface area contributed by atoms with Gasteiger partial charge in [0.2, 0.25) is 21.8 Å². The average molecular weight is 733 g/mol. The summed E-state index contributed by atoms with van der Waals surface area (Å²) in [6.45, 7) is 9.17. The number of fused-ring (bicyclic) bond motifs is 1. The summed E-state index contributed by atoms with van der Waals surface area (Å²) < 4.78 is 39.6. The summed E-state index contributed by atoms with van der Waals surface area (Å²) in [5, 5.41) is 12.5. The van der Waals surface area contributed by atoms with E-state index in [2.05, 4.69) is 16.6 Å². The third kappa shape index (κ3) is 7.34. The van der Waals surface area contributed by atoms with E-state index in [1.165, 1.54) is 4.90 Å². The van der Waals surface area contributed by atoms with Crippen LogP contribution in [-0.4, -0.2) is 83.7 Å². The topological polar surface area (TPSA) is 181 Å². The first-order valence-corrected chi connectivity index (χ1v) is 18.9. The number of carboxylic acid groups (broad SMARTS) is 1. The average Bonchev–Trinajstić information content (AvgIpc) is 3.88. The number of hydrogen-bond donors (Lipinski definition) is 3. The molecule has 3 N–H and O–H groups in total. The number of rotatable bonds is 12. The molecule has 52 heavy (non-hydrogen) atoms. The molecule has 14 heteroatoms. The van der Waals surface area contributed by atoms with Gasteiger partial charge in [-0.3, -0.25) is 23.9 Å². The van der Waals surface area contributed by atoms with E-state index in [9.17, 15) is 32.7 Å². The second kappa shape index (κ2) is 13.9. The molecule has 0 spiro atoms. The Morgan fingerprint density at radius 1 is 1.10 bits per heavy atom. The fourth-order valence-corrected chi connectivity index (χ4v) is 8.21. The number of methoxy groups -OCH3 is 1. The molecule has 0 radical (unpaired) electrons. The molecule has 276 valence electrons. The summed E-state index contributed by atoms with van der Waals surface area (Å²) in [6.07, 6.45) is 0.230. The van der Waals surface area contributed by atoms with Crippen molar-refractivity contribution in [1.82, 2.24) is 19.9 Å². The van der Waals surface area contributed by atoms with Crippen molar-refractivity contribution in [3.63, 3.8) is 0 Å². The van der Waals surface area contributed by atoms with Crippen molar-refractivity contribution >= 4 is 44.6 Å². The largest absolute Gasteiger partial charge is 0.497 e. The van der Waals surface area contributed by atoms with Crippen LogP contribution in [0.15, 0.2) is 66.7 Å². The maximum absolute atomic E-state index is 14.3. The first kappa shape index (κ1) is 36.8. The zero-order chi connectivity index (χ0) is 37.6. The lowest BCUT2D eigenvalue weighted by Crippen LogP contribution is -2.67. The van der Waals surface area contributed by atoms with E-state index < -0.39 is 74.4 Å². The number of amides is 3. The lowest BCUT2D eigenvalue weighted by Gasteiger charge is -2.44. The molecule has 2 aromatic carbocycles. The highest BCUT2D eigenvalue weighted by Crippen LogP contribution is 2.40. The van der Waals surface area contributed by atoms with Crippen molar-refractivity contribution < 1.29 is 42.2 Å². The Kier molecular flexibility index (Phi) is 9.81. The lowest BCUT2D eigenvalue weighted by molar-refractivity contribution is -0.150. The number of benzene rings is 2. The second-order valence-electron chi connectivity index (χ2n) is 14.9. The minimum absolute atomic E-state index is 0.00664. The Balaban J connectivity index is 1.34. The van der Waals surface area contributed by atoms with Crippen LogP contribution < -0.4 is 19.5 Å². The smallest absolute Gasteiger partial charge is 0.304 e. The molecule has 3 fully saturated rings. The molecule has 2 saturated carbocycles. The van der Waals surface area contributed by atoms with Gasteiger partial charge in [-0.2, -0.15) is 0 Å². The number of nitrogens with one attached hydrogen (secondary N) is 2. The molecular formula is C38H44N4O9S. The van der Waals surface area contributed by atoms with Crippen molar-refractivity contribution in [3.05, 3.63) is 66.7 Å². The highest BCUT2D eigenvalue weighted by molar-refractivity contribution is 7.91. The van der Waals surface area contributed by atoms with Gasteiger partial charge >= 0.3 is 5.97 Å². The Hall–Kier alpha value is -4.98. The molecule has 1 saturated heterocycles. The van der Waals surface area contributed by atoms with Crippen molar-refractivity contribution in [3.8, 4) is 22.8 Å². The summed E-state index contributed by atoms with van der Waals surface area (Å²) in [4.78, 5) is 60.2. The fraction of sp³-hybridized carbons (Fsp3) is 0.447. The monoisotopic (exact) mass is 732 g/mol. The number of ether oxygens (including phenoxy) is 2. The molecule has 4 atom stereocenters. The van der Waals surface area contributed by atoms with Gasteiger partial charge < -0.3 is 24.8 Å². The van der Waals surface area contributed by atoms with Gasteiger partial charge in [-0.05, 0) is 48.8 Å². The SMILES string of the molecule is C=C1CCC1(NC(=O)[C@@H]1C[C@@H](Oc2cc(-c3ccccc3)nc3cc(OC)ccc23)CN1C(=O)[C@@H](CC(=O)O)C(C)(C)C)C(=O)NS(=O)(=O)C1CC1. The van der Waals surface area contributed by atoms with Crippen LogP contribution in [0.25, 0.3) is 22.2 Å². The first-order valence-electron chi connectivity index (χ1n) is 17.3. The highest BCUT2D eigenvalue weighted by atomic mass is 32.2. The van der Waals surface area contributed by atoms with Crippen LogP contribution in [0, 0.1) is 11.3 Å². The van der Waals surface area contributed by atoms with Crippen LogP contribution in [0.5, 0.6) is 11.5 Å². The Bertz CT molecular complexity index is 2040. The van der Waals surface area contributed by atoms with E-state index in [0.717, 1.165) is 5.56 Å². The summed E-state index contributed by atoms with van der Waals surface area (Å²) >= 11 is 0. The number of pyridine rings is 1. The lowest BCUT2D eigenvalue weighted by atomic mass is 9.71. The third-order valence-corrected chi connectivity index (χ3v) is 12.1. The van der Waals surface area contributed by atoms with Crippen LogP contribution >= 0.6 is 0 Å². The second-order valence-corrected chi connectivity index (χ2v) is 16.9. The van der Waals surface area contributed by atoms with Crippen LogP contribution in [0.1, 0.15) is 59.3 Å². The van der Waals surface area contributed by atoms with E-state index in [1.54, 1.807) is 46.1 Å². The van der Waals surface area contributed by atoms with Gasteiger partial charge in [0.1, 0.15) is 29.2 Å². The first-order chi connectivity index (χ1) is 24.5. The fourth-order valence-electron chi connectivity index (χ4n) is 6.86. The van der Waals surface area contributed by atoms with Gasteiger partial charge in [0.25, 0.3) is 5.91 Å². The number of likely N-dealkylation sites (tertiary alicyclic amines) is 1. The van der Waals surface area contributed by atoms with Gasteiger partial charge in [-0.1, -0.05) is 57.7 Å². The summed E-state index contributed by atoms with van der Waals surface area (Å²) in [5.74, 6) is -3.23. The highest BCUT2D eigenvalue weighted by Gasteiger charge is 2.54. The zero-order valence-electron chi connectivity index (χ0n) is 29.7. The van der Waals surface area contributed by atoms with Crippen LogP contribution in [0.4, 0.5) is 0 Å². The van der Waals surface area contributed by atoms with Crippen molar-refractivity contribution in [1.29, 1.82) is 0 Å². The van der Waals surface area contributed by atoms with Crippen LogP contribution in [0.3, 0.4) is 0 Å². The van der Waals surface area contributed by atoms with Crippen LogP contribution in [-0.2, 0) is 29.2 Å². The minimum atomic E-state index is -3.92. The molecule has 6 rings (SSSR count). The molecule has 1 aromatic heterocycles. The molecular weight excluding hydrogens is 689 g/mol. The van der Waals surface area contributed by atoms with Crippen molar-refractivity contribution in [2.75, 3.05) is 13.7 Å². The number of nitrogens with zero attached hydrogens (tertiary/aromatic N) is 2. The van der Waals surface area contributed by atoms with Crippen molar-refractivity contribution in [2.24, 2.45) is 11.3 Å². The molecule has 3 aromatic rings. The normalized spacial score (nSPS) is 22.3. The number of carboxylic acids is 1. The maximum Gasteiger partial charge on any atom is 0.304 e. The molecule has 2 aliphatic carbocycles. The standard InChI is InChI=1S/C38H44N4O9S/c1-22-15-16-38(22,36(47)41-52(48,49)26-12-13-26)40-34(45)31-18-25(21-42(31)35(46)28(19-33(43)44)37(2,3)4)51-32-20-29(23-9-7-6-8-10-23)39-30-17-24(50-5)11-14-27(30)32/h6-11,14,17,20,25-26,28,31H,1,12-13,15-16,18-19,21H2,2-5H3,(H,40,45)(H,41,47)(H,43,44)/t25-,28-,31+,38?/m1/s1. The predicted molar refractivity (Wildman–Crippen MR) is 193 cm³/mol. The Morgan fingerprint density at radius 3 is 2.38 bits per heavy atom. The molecule has 1 unspecified atom stereocenters. The van der Waals surface area contributed by atoms with Gasteiger partial charge in [-0.15, -0.1) is 0 Å². The third-order valence-electron chi connectivity index (χ3n) is 10.2. The maximum atomic E-state index is 14.3. The van der Waals surface area contributed by atoms with Gasteiger partial charge in [-0.25, -0.2) is 13.4 Å². The van der Waals surface area contributed by atoms with Gasteiger partial charge in [0, 0.05) is 29.5 Å². The van der Waals surface area contributed by atoms with Gasteiger partial charge in [0.05, 0.1) is 42.5 Å². The molecule has 0 bridgehead atoms. The van der Waals surface area contributed by atoms with Gasteiger partial charge in [0.15, 0.2) is 0 Å². The van der Waals surface area contributed by atoms with E-state index in [4.69, 9.17) is 14.5 Å². The van der Waals surface area contributed by atoms with E-state index in [1.807, 2.05) is 36.4 Å². The molecule has 1 aliphatic heterocycles. The number of aliphatic carboxylic acids is 1. The predicted octanol–water partition coefficient (Wildman–Crippen LogP) is 4.21. The van der Waals surface area contributed by atoms with E-state index in [-0.39, 0.29) is 19.4 Å². The zero-order valence-corrected chi connectivity index (χ0v) is 30.5. The van der Waals surface area contributed by atoms with E-state index in [0.29, 0.717) is 52.9 Å². The molecule has 2 heterocycles. The summed E-state index contributed by atoms with van der Waals surface area (Å²) in [6, 6.07) is 15.5. The quantitative estimate of drug-likeness (QED) is 0.228. The number of hydrogen-bond acceptors (Lipinski definition) is 9. The van der Waals surface area contributed by atoms with Crippen molar-refractivity contribution in [2.45, 2.75) is 82.2 Å². The number of carbonyl (C=O) groups is 4. The number of sulfonamides is 1. The summed E-state index contributed by atoms with van der Waals surface area (Å²) in [5.41, 5.74) is -0.0414. The molecule has 13 nitrogen and oxygen atoms in total. The number of carbonyl (C=O) groups excluding carboxylic acids is 3. The van der Waals surface area contributed by atoms with E-state index >= 15 is 0 Å². The molecule has 3 amide bonds. The number of aromatic nitrogens is 1. The minimum Gasteiger partial charge on any atom is -0.497 e. The molecule has 3 aliphatic rings. The Labute approximate surface area is 302 Å². The Morgan fingerprint density at radius 2 is 1.81 bits per heavy atom. The van der Waals surface area contributed by atoms with Crippen LogP contribution in [0.2, 0.25) is 0 Å². The summed E-state index contributed by atoms with van der Waals surface area (Å²) in [7, 11) is -2.36.